The molecule has 166 valence electrons. The maximum absolute atomic E-state index is 13.6. The van der Waals surface area contributed by atoms with Crippen LogP contribution >= 0.6 is 0 Å². The summed E-state index contributed by atoms with van der Waals surface area (Å²) in [5.41, 5.74) is 0.564. The number of aromatic nitrogens is 1. The minimum atomic E-state index is -0.534. The van der Waals surface area contributed by atoms with Gasteiger partial charge < -0.3 is 14.2 Å². The van der Waals surface area contributed by atoms with E-state index < -0.39 is 11.2 Å². The number of fused-ring (bicyclic) bond motifs is 2. The van der Waals surface area contributed by atoms with Gasteiger partial charge in [0.2, 0.25) is 11.8 Å². The summed E-state index contributed by atoms with van der Waals surface area (Å²) in [6.45, 7) is 8.41. The first-order valence-corrected chi connectivity index (χ1v) is 11.3. The van der Waals surface area contributed by atoms with Gasteiger partial charge in [-0.2, -0.15) is 0 Å². The van der Waals surface area contributed by atoms with Crippen LogP contribution in [0.4, 0.5) is 0 Å². The van der Waals surface area contributed by atoms with Gasteiger partial charge in [0.25, 0.3) is 0 Å². The number of carbonyl (C=O) groups excluding carboxylic acids is 2. The summed E-state index contributed by atoms with van der Waals surface area (Å²) >= 11 is 0. The number of hydrogen-bond donors (Lipinski definition) is 0. The van der Waals surface area contributed by atoms with E-state index in [-0.39, 0.29) is 24.3 Å². The number of amides is 2. The molecule has 0 saturated carbocycles. The molecule has 0 spiro atoms. The summed E-state index contributed by atoms with van der Waals surface area (Å²) in [5, 5.41) is 0. The Hall–Kier alpha value is -2.61. The predicted molar refractivity (Wildman–Crippen MR) is 116 cm³/mol. The van der Waals surface area contributed by atoms with Crippen LogP contribution in [0, 0.1) is 11.3 Å². The number of benzene rings is 1. The molecular formula is C23H30N4O4. The van der Waals surface area contributed by atoms with E-state index in [1.165, 1.54) is 4.57 Å². The van der Waals surface area contributed by atoms with E-state index in [0.717, 1.165) is 32.5 Å². The fourth-order valence-corrected chi connectivity index (χ4v) is 5.62. The van der Waals surface area contributed by atoms with Crippen LogP contribution in [0.2, 0.25) is 0 Å². The second-order valence-electron chi connectivity index (χ2n) is 9.57. The highest BCUT2D eigenvalue weighted by atomic mass is 16.4. The Balaban J connectivity index is 1.39. The third kappa shape index (κ3) is 3.28. The highest BCUT2D eigenvalue weighted by molar-refractivity contribution is 5.87. The van der Waals surface area contributed by atoms with Crippen LogP contribution in [0.15, 0.2) is 33.5 Å². The standard InChI is InChI=1S/C23H30N4O4/c1-16(2)25-11-17-12-26(15-23(17,14-25)21(29)24-9-5-6-10-24)20(28)13-27-18-7-3-4-8-19(18)31-22(27)30/h3-4,7-8,16-17H,5-6,9-15H2,1-2H3/t17-,23-/m0/s1. The lowest BCUT2D eigenvalue weighted by Crippen LogP contribution is -2.49. The van der Waals surface area contributed by atoms with E-state index in [1.54, 1.807) is 23.1 Å². The van der Waals surface area contributed by atoms with Crippen LogP contribution in [0.1, 0.15) is 26.7 Å². The summed E-state index contributed by atoms with van der Waals surface area (Å²) in [7, 11) is 0. The molecule has 0 bridgehead atoms. The Morgan fingerprint density at radius 1 is 1.10 bits per heavy atom. The third-order valence-electron chi connectivity index (χ3n) is 7.40. The van der Waals surface area contributed by atoms with Crippen molar-refractivity contribution in [3.63, 3.8) is 0 Å². The maximum atomic E-state index is 13.6. The molecule has 0 aliphatic carbocycles. The molecule has 4 heterocycles. The second-order valence-corrected chi connectivity index (χ2v) is 9.57. The Morgan fingerprint density at radius 2 is 1.84 bits per heavy atom. The predicted octanol–water partition coefficient (Wildman–Crippen LogP) is 1.39. The first-order valence-electron chi connectivity index (χ1n) is 11.3. The zero-order valence-electron chi connectivity index (χ0n) is 18.2. The molecule has 31 heavy (non-hydrogen) atoms. The van der Waals surface area contributed by atoms with Gasteiger partial charge in [-0.05, 0) is 38.8 Å². The summed E-state index contributed by atoms with van der Waals surface area (Å²) < 4.78 is 6.66. The molecule has 8 nitrogen and oxygen atoms in total. The van der Waals surface area contributed by atoms with Gasteiger partial charge in [0.1, 0.15) is 6.54 Å². The van der Waals surface area contributed by atoms with Crippen molar-refractivity contribution in [3.8, 4) is 0 Å². The highest BCUT2D eigenvalue weighted by Crippen LogP contribution is 2.45. The van der Waals surface area contributed by atoms with Gasteiger partial charge in [-0.3, -0.25) is 19.1 Å². The molecule has 3 saturated heterocycles. The van der Waals surface area contributed by atoms with E-state index in [9.17, 15) is 14.4 Å². The topological polar surface area (TPSA) is 79.0 Å². The molecule has 3 fully saturated rings. The normalized spacial score (nSPS) is 26.4. The van der Waals surface area contributed by atoms with Gasteiger partial charge in [0.05, 0.1) is 10.9 Å². The fraction of sp³-hybridized carbons (Fsp3) is 0.609. The number of oxazole rings is 1. The van der Waals surface area contributed by atoms with Crippen LogP contribution in [0.5, 0.6) is 0 Å². The van der Waals surface area contributed by atoms with E-state index in [2.05, 4.69) is 18.7 Å². The SMILES string of the molecule is CC(C)N1C[C@H]2CN(C(=O)Cn3c(=O)oc4ccccc43)C[C@@]2(C(=O)N2CCCC2)C1. The van der Waals surface area contributed by atoms with Gasteiger partial charge in [0.15, 0.2) is 5.58 Å². The number of hydrogen-bond acceptors (Lipinski definition) is 5. The minimum absolute atomic E-state index is 0.0650. The zero-order chi connectivity index (χ0) is 21.8. The van der Waals surface area contributed by atoms with Crippen LogP contribution < -0.4 is 5.76 Å². The van der Waals surface area contributed by atoms with Gasteiger partial charge >= 0.3 is 5.76 Å². The lowest BCUT2D eigenvalue weighted by molar-refractivity contribution is -0.141. The van der Waals surface area contributed by atoms with Crippen LogP contribution in [-0.4, -0.2) is 76.4 Å². The first-order chi connectivity index (χ1) is 14.9. The Kier molecular flexibility index (Phi) is 4.92. The largest absolute Gasteiger partial charge is 0.420 e. The molecular weight excluding hydrogens is 396 g/mol. The Morgan fingerprint density at radius 3 is 2.58 bits per heavy atom. The van der Waals surface area contributed by atoms with Crippen LogP contribution in [-0.2, 0) is 16.1 Å². The summed E-state index contributed by atoms with van der Waals surface area (Å²) in [4.78, 5) is 45.3. The molecule has 3 aliphatic heterocycles. The van der Waals surface area contributed by atoms with Crippen molar-refractivity contribution in [1.82, 2.24) is 19.3 Å². The van der Waals surface area contributed by atoms with Gasteiger partial charge in [0, 0.05) is 51.2 Å². The number of carbonyl (C=O) groups is 2. The van der Waals surface area contributed by atoms with Crippen molar-refractivity contribution in [3.05, 3.63) is 34.8 Å². The van der Waals surface area contributed by atoms with E-state index in [1.807, 2.05) is 11.0 Å². The van der Waals surface area contributed by atoms with Crippen molar-refractivity contribution >= 4 is 22.9 Å². The Labute approximate surface area is 181 Å². The first kappa shape index (κ1) is 20.3. The summed E-state index contributed by atoms with van der Waals surface area (Å²) in [5.74, 6) is -0.320. The average molecular weight is 427 g/mol. The molecule has 3 aliphatic rings. The lowest BCUT2D eigenvalue weighted by Gasteiger charge is -2.33. The molecule has 0 N–H and O–H groups in total. The molecule has 1 aromatic carbocycles. The monoisotopic (exact) mass is 426 g/mol. The van der Waals surface area contributed by atoms with Crippen molar-refractivity contribution < 1.29 is 14.0 Å². The van der Waals surface area contributed by atoms with Crippen molar-refractivity contribution in [2.24, 2.45) is 11.3 Å². The molecule has 2 aromatic rings. The van der Waals surface area contributed by atoms with E-state index >= 15 is 0 Å². The van der Waals surface area contributed by atoms with Gasteiger partial charge in [-0.15, -0.1) is 0 Å². The second kappa shape index (κ2) is 7.51. The quantitative estimate of drug-likeness (QED) is 0.738. The van der Waals surface area contributed by atoms with Crippen molar-refractivity contribution in [2.45, 2.75) is 39.3 Å². The van der Waals surface area contributed by atoms with E-state index in [4.69, 9.17) is 4.42 Å². The van der Waals surface area contributed by atoms with Crippen LogP contribution in [0.3, 0.4) is 0 Å². The molecule has 0 radical (unpaired) electrons. The Bertz CT molecular complexity index is 1070. The average Bonchev–Trinajstić information content (AvgIpc) is 3.50. The number of likely N-dealkylation sites (tertiary alicyclic amines) is 3. The van der Waals surface area contributed by atoms with Gasteiger partial charge in [-0.25, -0.2) is 4.79 Å². The third-order valence-corrected chi connectivity index (χ3v) is 7.40. The smallest absolute Gasteiger partial charge is 0.408 e. The minimum Gasteiger partial charge on any atom is -0.408 e. The van der Waals surface area contributed by atoms with Crippen molar-refractivity contribution in [2.75, 3.05) is 39.3 Å². The summed E-state index contributed by atoms with van der Waals surface area (Å²) in [6.07, 6.45) is 2.11. The zero-order valence-corrected chi connectivity index (χ0v) is 18.2. The fourth-order valence-electron chi connectivity index (χ4n) is 5.62. The lowest BCUT2D eigenvalue weighted by atomic mass is 9.79. The molecule has 1 aromatic heterocycles. The van der Waals surface area contributed by atoms with Gasteiger partial charge in [-0.1, -0.05) is 12.1 Å². The molecule has 5 rings (SSSR count). The molecule has 2 amide bonds. The number of nitrogens with zero attached hydrogens (tertiary/aromatic N) is 4. The molecule has 2 atom stereocenters. The molecule has 8 heteroatoms. The highest BCUT2D eigenvalue weighted by Gasteiger charge is 2.59. The molecule has 0 unspecified atom stereocenters. The number of para-hydroxylation sites is 2. The van der Waals surface area contributed by atoms with E-state index in [0.29, 0.717) is 36.8 Å². The van der Waals surface area contributed by atoms with Crippen LogP contribution in [0.25, 0.3) is 11.1 Å². The van der Waals surface area contributed by atoms with Crippen molar-refractivity contribution in [1.29, 1.82) is 0 Å². The number of rotatable bonds is 4. The maximum Gasteiger partial charge on any atom is 0.420 e. The summed E-state index contributed by atoms with van der Waals surface area (Å²) in [6, 6.07) is 7.50.